The molecular formula is C19H15ClN6O3. The van der Waals surface area contributed by atoms with Crippen LogP contribution < -0.4 is 0 Å². The Balaban J connectivity index is 1.33. The van der Waals surface area contributed by atoms with Gasteiger partial charge in [0.1, 0.15) is 0 Å². The Labute approximate surface area is 170 Å². The van der Waals surface area contributed by atoms with Crippen molar-refractivity contribution >= 4 is 17.6 Å². The summed E-state index contributed by atoms with van der Waals surface area (Å²) < 4.78 is 10.2. The summed E-state index contributed by atoms with van der Waals surface area (Å²) in [4.78, 5) is 17.4. The first kappa shape index (κ1) is 18.8. The Morgan fingerprint density at radius 3 is 2.52 bits per heavy atom. The zero-order valence-electron chi connectivity index (χ0n) is 15.3. The number of carbonyl (C=O) groups excluding carboxylic acids is 1. The van der Waals surface area contributed by atoms with E-state index in [1.165, 1.54) is 4.80 Å². The third-order valence-electron chi connectivity index (χ3n) is 3.96. The van der Waals surface area contributed by atoms with Crippen molar-refractivity contribution in [2.45, 2.75) is 20.1 Å². The standard InChI is InChI=1S/C19H15ClN6O3/c1-12-2-4-14(5-3-12)19-22-25-26(23-19)10-17(27)28-11-16-21-18(24-29-16)13-6-8-15(20)9-7-13/h2-9H,10-11H2,1H3. The lowest BCUT2D eigenvalue weighted by Crippen LogP contribution is -2.15. The van der Waals surface area contributed by atoms with Crippen molar-refractivity contribution in [3.05, 3.63) is 65.0 Å². The van der Waals surface area contributed by atoms with Gasteiger partial charge < -0.3 is 9.26 Å². The van der Waals surface area contributed by atoms with Crippen LogP contribution in [0.25, 0.3) is 22.8 Å². The van der Waals surface area contributed by atoms with Crippen LogP contribution in [0.5, 0.6) is 0 Å². The number of nitrogens with zero attached hydrogens (tertiary/aromatic N) is 6. The minimum atomic E-state index is -0.552. The number of ether oxygens (including phenoxy) is 1. The lowest BCUT2D eigenvalue weighted by molar-refractivity contribution is -0.147. The highest BCUT2D eigenvalue weighted by Gasteiger charge is 2.13. The maximum atomic E-state index is 12.0. The molecule has 0 N–H and O–H groups in total. The SMILES string of the molecule is Cc1ccc(-c2nnn(CC(=O)OCc3nc(-c4ccc(Cl)cc4)no3)n2)cc1. The maximum Gasteiger partial charge on any atom is 0.330 e. The highest BCUT2D eigenvalue weighted by atomic mass is 35.5. The molecule has 10 heteroatoms. The number of halogens is 1. The average molecular weight is 411 g/mol. The summed E-state index contributed by atoms with van der Waals surface area (Å²) in [6.45, 7) is 1.65. The van der Waals surface area contributed by atoms with Crippen molar-refractivity contribution < 1.29 is 14.1 Å². The molecule has 0 atom stereocenters. The number of tetrazole rings is 1. The van der Waals surface area contributed by atoms with Crippen molar-refractivity contribution in [3.63, 3.8) is 0 Å². The molecule has 2 aromatic heterocycles. The van der Waals surface area contributed by atoms with Crippen molar-refractivity contribution in [1.82, 2.24) is 30.3 Å². The second-order valence-corrected chi connectivity index (χ2v) is 6.63. The van der Waals surface area contributed by atoms with Gasteiger partial charge in [-0.05, 0) is 36.4 Å². The molecule has 0 radical (unpaired) electrons. The molecule has 0 bridgehead atoms. The third-order valence-corrected chi connectivity index (χ3v) is 4.21. The van der Waals surface area contributed by atoms with E-state index in [4.69, 9.17) is 20.9 Å². The Morgan fingerprint density at radius 2 is 1.76 bits per heavy atom. The molecule has 0 saturated heterocycles. The average Bonchev–Trinajstić information content (AvgIpc) is 3.37. The Bertz CT molecular complexity index is 1120. The fraction of sp³-hybridized carbons (Fsp3) is 0.158. The van der Waals surface area contributed by atoms with Gasteiger partial charge in [0, 0.05) is 16.1 Å². The number of hydrogen-bond donors (Lipinski definition) is 0. The largest absolute Gasteiger partial charge is 0.454 e. The summed E-state index contributed by atoms with van der Waals surface area (Å²) in [5, 5.41) is 16.5. The summed E-state index contributed by atoms with van der Waals surface area (Å²) in [7, 11) is 0. The Hall–Kier alpha value is -3.59. The van der Waals surface area contributed by atoms with E-state index >= 15 is 0 Å². The molecule has 0 aliphatic heterocycles. The van der Waals surface area contributed by atoms with Gasteiger partial charge in [-0.3, -0.25) is 0 Å². The summed E-state index contributed by atoms with van der Waals surface area (Å²) in [5.74, 6) is 0.440. The van der Waals surface area contributed by atoms with Crippen molar-refractivity contribution in [3.8, 4) is 22.8 Å². The fourth-order valence-corrected chi connectivity index (χ4v) is 2.59. The van der Waals surface area contributed by atoms with E-state index in [1.54, 1.807) is 24.3 Å². The van der Waals surface area contributed by atoms with Crippen molar-refractivity contribution in [1.29, 1.82) is 0 Å². The molecule has 0 fully saturated rings. The van der Waals surface area contributed by atoms with E-state index in [0.29, 0.717) is 16.7 Å². The number of esters is 1. The number of carbonyl (C=O) groups is 1. The highest BCUT2D eigenvalue weighted by molar-refractivity contribution is 6.30. The molecule has 9 nitrogen and oxygen atoms in total. The number of hydrogen-bond acceptors (Lipinski definition) is 8. The van der Waals surface area contributed by atoms with Crippen LogP contribution in [0.3, 0.4) is 0 Å². The molecule has 2 heterocycles. The third kappa shape index (κ3) is 4.64. The molecule has 4 aromatic rings. The second kappa shape index (κ2) is 8.19. The van der Waals surface area contributed by atoms with E-state index in [0.717, 1.165) is 16.7 Å². The number of aromatic nitrogens is 6. The van der Waals surface area contributed by atoms with Crippen LogP contribution in [0.2, 0.25) is 5.02 Å². The minimum absolute atomic E-state index is 0.154. The monoisotopic (exact) mass is 410 g/mol. The molecule has 0 saturated carbocycles. The quantitative estimate of drug-likeness (QED) is 0.446. The van der Waals surface area contributed by atoms with Crippen LogP contribution >= 0.6 is 11.6 Å². The number of rotatable bonds is 6. The van der Waals surface area contributed by atoms with E-state index in [9.17, 15) is 4.79 Å². The van der Waals surface area contributed by atoms with Crippen molar-refractivity contribution in [2.24, 2.45) is 0 Å². The zero-order valence-corrected chi connectivity index (χ0v) is 16.1. The van der Waals surface area contributed by atoms with Gasteiger partial charge in [-0.25, -0.2) is 4.79 Å². The van der Waals surface area contributed by atoms with E-state index < -0.39 is 5.97 Å². The predicted molar refractivity (Wildman–Crippen MR) is 103 cm³/mol. The molecule has 0 spiro atoms. The van der Waals surface area contributed by atoms with Crippen LogP contribution in [-0.4, -0.2) is 36.3 Å². The van der Waals surface area contributed by atoms with Crippen LogP contribution in [0, 0.1) is 6.92 Å². The summed E-state index contributed by atoms with van der Waals surface area (Å²) >= 11 is 5.86. The van der Waals surface area contributed by atoms with Gasteiger partial charge in [-0.1, -0.05) is 46.6 Å². The van der Waals surface area contributed by atoms with Gasteiger partial charge in [0.25, 0.3) is 5.89 Å². The smallest absolute Gasteiger partial charge is 0.330 e. The fourth-order valence-electron chi connectivity index (χ4n) is 2.46. The molecule has 29 heavy (non-hydrogen) atoms. The van der Waals surface area contributed by atoms with Gasteiger partial charge in [-0.15, -0.1) is 10.2 Å². The van der Waals surface area contributed by atoms with Gasteiger partial charge in [-0.2, -0.15) is 9.78 Å². The molecule has 0 unspecified atom stereocenters. The first-order chi connectivity index (χ1) is 14.1. The summed E-state index contributed by atoms with van der Waals surface area (Å²) in [6, 6.07) is 14.7. The first-order valence-corrected chi connectivity index (χ1v) is 9.03. The van der Waals surface area contributed by atoms with E-state index in [2.05, 4.69) is 25.6 Å². The Kier molecular flexibility index (Phi) is 5.30. The number of aryl methyl sites for hydroxylation is 1. The highest BCUT2D eigenvalue weighted by Crippen LogP contribution is 2.19. The van der Waals surface area contributed by atoms with E-state index in [1.807, 2.05) is 31.2 Å². The molecule has 4 rings (SSSR count). The first-order valence-electron chi connectivity index (χ1n) is 8.66. The zero-order chi connectivity index (χ0) is 20.2. The summed E-state index contributed by atoms with van der Waals surface area (Å²) in [6.07, 6.45) is 0. The maximum absolute atomic E-state index is 12.0. The second-order valence-electron chi connectivity index (χ2n) is 6.19. The lowest BCUT2D eigenvalue weighted by atomic mass is 10.1. The van der Waals surface area contributed by atoms with Gasteiger partial charge >= 0.3 is 5.97 Å². The minimum Gasteiger partial charge on any atom is -0.454 e. The molecule has 2 aromatic carbocycles. The normalized spacial score (nSPS) is 10.8. The van der Waals surface area contributed by atoms with Gasteiger partial charge in [0.05, 0.1) is 0 Å². The van der Waals surface area contributed by atoms with Crippen LogP contribution in [0.4, 0.5) is 0 Å². The number of benzene rings is 2. The van der Waals surface area contributed by atoms with Gasteiger partial charge in [0.2, 0.25) is 11.6 Å². The van der Waals surface area contributed by atoms with Crippen molar-refractivity contribution in [2.75, 3.05) is 0 Å². The lowest BCUT2D eigenvalue weighted by Gasteiger charge is -2.00. The molecule has 0 amide bonds. The molecule has 146 valence electrons. The topological polar surface area (TPSA) is 109 Å². The van der Waals surface area contributed by atoms with Crippen LogP contribution in [-0.2, 0) is 22.7 Å². The van der Waals surface area contributed by atoms with Crippen LogP contribution in [0.1, 0.15) is 11.5 Å². The molecule has 0 aliphatic rings. The van der Waals surface area contributed by atoms with Crippen LogP contribution in [0.15, 0.2) is 53.1 Å². The summed E-state index contributed by atoms with van der Waals surface area (Å²) in [5.41, 5.74) is 2.69. The Morgan fingerprint density at radius 1 is 1.07 bits per heavy atom. The molecule has 0 aliphatic carbocycles. The molecular weight excluding hydrogens is 396 g/mol. The van der Waals surface area contributed by atoms with E-state index in [-0.39, 0.29) is 19.0 Å². The predicted octanol–water partition coefficient (Wildman–Crippen LogP) is 3.10. The van der Waals surface area contributed by atoms with Gasteiger partial charge in [0.15, 0.2) is 13.2 Å².